The molecule has 0 spiro atoms. The topological polar surface area (TPSA) is 35.5 Å². The van der Waals surface area contributed by atoms with Gasteiger partial charge in [-0.05, 0) is 20.3 Å². The van der Waals surface area contributed by atoms with Crippen molar-refractivity contribution in [1.29, 1.82) is 0 Å². The average molecular weight is 174 g/mol. The summed E-state index contributed by atoms with van der Waals surface area (Å²) in [7, 11) is 1.65. The predicted octanol–water partition coefficient (Wildman–Crippen LogP) is 1.41. The molecule has 0 fully saturated rings. The number of ketones is 1. The molecule has 1 atom stereocenters. The maximum absolute atomic E-state index is 10.5. The third-order valence-corrected chi connectivity index (χ3v) is 1.48. The van der Waals surface area contributed by atoms with Gasteiger partial charge in [-0.15, -0.1) is 0 Å². The van der Waals surface area contributed by atoms with Crippen molar-refractivity contribution in [2.45, 2.75) is 32.8 Å². The minimum Gasteiger partial charge on any atom is -0.382 e. The minimum atomic E-state index is 0.127. The second-order valence-corrected chi connectivity index (χ2v) is 2.94. The number of ether oxygens (including phenoxy) is 2. The molecule has 0 aromatic carbocycles. The average Bonchev–Trinajstić information content (AvgIpc) is 1.98. The molecule has 0 aromatic rings. The van der Waals surface area contributed by atoms with Gasteiger partial charge in [-0.25, -0.2) is 0 Å². The van der Waals surface area contributed by atoms with Crippen LogP contribution in [0.25, 0.3) is 0 Å². The molecule has 0 aliphatic rings. The largest absolute Gasteiger partial charge is 0.382 e. The molecule has 3 nitrogen and oxygen atoms in total. The SMILES string of the molecule is COCC(C)OCCCC(C)=O. The van der Waals surface area contributed by atoms with Gasteiger partial charge in [0, 0.05) is 20.1 Å². The fraction of sp³-hybridized carbons (Fsp3) is 0.889. The van der Waals surface area contributed by atoms with Crippen LogP contribution in [0.4, 0.5) is 0 Å². The Labute approximate surface area is 74.0 Å². The van der Waals surface area contributed by atoms with E-state index in [2.05, 4.69) is 0 Å². The first-order valence-corrected chi connectivity index (χ1v) is 4.26. The van der Waals surface area contributed by atoms with Crippen LogP contribution in [0.1, 0.15) is 26.7 Å². The lowest BCUT2D eigenvalue weighted by Gasteiger charge is -2.10. The molecule has 0 saturated heterocycles. The van der Waals surface area contributed by atoms with Crippen LogP contribution in [0.15, 0.2) is 0 Å². The highest BCUT2D eigenvalue weighted by Gasteiger charge is 2.00. The Hall–Kier alpha value is -0.410. The van der Waals surface area contributed by atoms with Gasteiger partial charge < -0.3 is 14.3 Å². The van der Waals surface area contributed by atoms with E-state index in [0.29, 0.717) is 19.6 Å². The molecule has 0 amide bonds. The minimum absolute atomic E-state index is 0.127. The van der Waals surface area contributed by atoms with Crippen molar-refractivity contribution in [3.05, 3.63) is 0 Å². The van der Waals surface area contributed by atoms with Gasteiger partial charge >= 0.3 is 0 Å². The lowest BCUT2D eigenvalue weighted by Crippen LogP contribution is -2.15. The van der Waals surface area contributed by atoms with Gasteiger partial charge in [0.05, 0.1) is 12.7 Å². The highest BCUT2D eigenvalue weighted by atomic mass is 16.5. The molecule has 0 radical (unpaired) electrons. The maximum atomic E-state index is 10.5. The van der Waals surface area contributed by atoms with Crippen molar-refractivity contribution < 1.29 is 14.3 Å². The number of carbonyl (C=O) groups excluding carboxylic acids is 1. The molecule has 0 N–H and O–H groups in total. The highest BCUT2D eigenvalue weighted by molar-refractivity contribution is 5.75. The number of rotatable bonds is 7. The molecule has 0 heterocycles. The summed E-state index contributed by atoms with van der Waals surface area (Å²) < 4.78 is 10.2. The van der Waals surface area contributed by atoms with Crippen LogP contribution >= 0.6 is 0 Å². The highest BCUT2D eigenvalue weighted by Crippen LogP contribution is 1.96. The first-order chi connectivity index (χ1) is 5.66. The van der Waals surface area contributed by atoms with Gasteiger partial charge in [0.15, 0.2) is 0 Å². The fourth-order valence-electron chi connectivity index (χ4n) is 0.888. The number of Topliss-reactive ketones (excluding diaryl/α,β-unsaturated/α-hetero) is 1. The van der Waals surface area contributed by atoms with Gasteiger partial charge in [0.25, 0.3) is 0 Å². The summed E-state index contributed by atoms with van der Waals surface area (Å²) >= 11 is 0. The van der Waals surface area contributed by atoms with Crippen molar-refractivity contribution in [2.75, 3.05) is 20.3 Å². The van der Waals surface area contributed by atoms with E-state index in [4.69, 9.17) is 9.47 Å². The predicted molar refractivity (Wildman–Crippen MR) is 47.2 cm³/mol. The first-order valence-electron chi connectivity index (χ1n) is 4.26. The lowest BCUT2D eigenvalue weighted by molar-refractivity contribution is -0.117. The molecule has 0 rings (SSSR count). The van der Waals surface area contributed by atoms with Crippen LogP contribution in [0.3, 0.4) is 0 Å². The molecule has 0 bridgehead atoms. The van der Waals surface area contributed by atoms with Gasteiger partial charge in [-0.3, -0.25) is 0 Å². The Bertz CT molecular complexity index is 123. The van der Waals surface area contributed by atoms with Crippen LogP contribution in [-0.2, 0) is 14.3 Å². The van der Waals surface area contributed by atoms with E-state index >= 15 is 0 Å². The number of carbonyl (C=O) groups is 1. The Morgan fingerprint density at radius 2 is 2.17 bits per heavy atom. The summed E-state index contributed by atoms with van der Waals surface area (Å²) in [5, 5.41) is 0. The van der Waals surface area contributed by atoms with Crippen LogP contribution in [0.2, 0.25) is 0 Å². The second-order valence-electron chi connectivity index (χ2n) is 2.94. The molecule has 0 aliphatic heterocycles. The third kappa shape index (κ3) is 7.69. The molecule has 72 valence electrons. The standard InChI is InChI=1S/C9H18O3/c1-8(10)5-4-6-12-9(2)7-11-3/h9H,4-7H2,1-3H3. The van der Waals surface area contributed by atoms with Gasteiger partial charge in [-0.2, -0.15) is 0 Å². The van der Waals surface area contributed by atoms with Crippen LogP contribution < -0.4 is 0 Å². The molecule has 1 unspecified atom stereocenters. The Morgan fingerprint density at radius 1 is 1.50 bits per heavy atom. The zero-order valence-corrected chi connectivity index (χ0v) is 8.13. The van der Waals surface area contributed by atoms with E-state index < -0.39 is 0 Å². The van der Waals surface area contributed by atoms with Gasteiger partial charge in [0.2, 0.25) is 0 Å². The van der Waals surface area contributed by atoms with Crippen molar-refractivity contribution in [3.63, 3.8) is 0 Å². The Balaban J connectivity index is 3.13. The summed E-state index contributed by atoms with van der Waals surface area (Å²) in [6.45, 7) is 4.81. The molecule has 0 aromatic heterocycles. The molecular formula is C9H18O3. The number of hydrogen-bond donors (Lipinski definition) is 0. The third-order valence-electron chi connectivity index (χ3n) is 1.48. The molecule has 0 saturated carbocycles. The van der Waals surface area contributed by atoms with E-state index in [9.17, 15) is 4.79 Å². The summed E-state index contributed by atoms with van der Waals surface area (Å²) in [5.74, 6) is 0.220. The van der Waals surface area contributed by atoms with Crippen LogP contribution in [0, 0.1) is 0 Å². The quantitative estimate of drug-likeness (QED) is 0.547. The zero-order valence-electron chi connectivity index (χ0n) is 8.13. The smallest absolute Gasteiger partial charge is 0.129 e. The monoisotopic (exact) mass is 174 g/mol. The summed E-state index contributed by atoms with van der Waals surface area (Å²) in [4.78, 5) is 10.5. The fourth-order valence-corrected chi connectivity index (χ4v) is 0.888. The molecule has 12 heavy (non-hydrogen) atoms. The number of hydrogen-bond acceptors (Lipinski definition) is 3. The van der Waals surface area contributed by atoms with E-state index in [-0.39, 0.29) is 11.9 Å². The van der Waals surface area contributed by atoms with Gasteiger partial charge in [0.1, 0.15) is 5.78 Å². The van der Waals surface area contributed by atoms with E-state index in [1.807, 2.05) is 6.92 Å². The van der Waals surface area contributed by atoms with Crippen molar-refractivity contribution >= 4 is 5.78 Å². The molecule has 0 aliphatic carbocycles. The molecule has 3 heteroatoms. The summed E-state index contributed by atoms with van der Waals surface area (Å²) in [6.07, 6.45) is 1.55. The van der Waals surface area contributed by atoms with Crippen LogP contribution in [-0.4, -0.2) is 32.2 Å². The van der Waals surface area contributed by atoms with Crippen LogP contribution in [0.5, 0.6) is 0 Å². The second kappa shape index (κ2) is 7.25. The molecular weight excluding hydrogens is 156 g/mol. The Kier molecular flexibility index (Phi) is 7.00. The summed E-state index contributed by atoms with van der Waals surface area (Å²) in [6, 6.07) is 0. The van der Waals surface area contributed by atoms with Gasteiger partial charge in [-0.1, -0.05) is 0 Å². The maximum Gasteiger partial charge on any atom is 0.129 e. The van der Waals surface area contributed by atoms with E-state index in [1.54, 1.807) is 14.0 Å². The lowest BCUT2D eigenvalue weighted by atomic mass is 10.2. The summed E-state index contributed by atoms with van der Waals surface area (Å²) in [5.41, 5.74) is 0. The van der Waals surface area contributed by atoms with Crippen molar-refractivity contribution in [2.24, 2.45) is 0 Å². The van der Waals surface area contributed by atoms with E-state index in [1.165, 1.54) is 0 Å². The van der Waals surface area contributed by atoms with Crippen molar-refractivity contribution in [3.8, 4) is 0 Å². The number of methoxy groups -OCH3 is 1. The normalized spacial score (nSPS) is 12.9. The Morgan fingerprint density at radius 3 is 2.67 bits per heavy atom. The van der Waals surface area contributed by atoms with Crippen molar-refractivity contribution in [1.82, 2.24) is 0 Å². The van der Waals surface area contributed by atoms with E-state index in [0.717, 1.165) is 6.42 Å². The zero-order chi connectivity index (χ0) is 9.40. The first kappa shape index (κ1) is 11.6.